The highest BCUT2D eigenvalue weighted by Gasteiger charge is 2.23. The number of hydrogen-bond donors (Lipinski definition) is 0. The molecule has 0 saturated heterocycles. The molecule has 0 saturated carbocycles. The number of aryl methyl sites for hydroxylation is 1. The van der Waals surface area contributed by atoms with Crippen molar-refractivity contribution in [2.45, 2.75) is 30.9 Å². The summed E-state index contributed by atoms with van der Waals surface area (Å²) in [5.74, 6) is 0.765. The standard InChI is InChI=1S/C22H18BrN3O2S/c23-15-11-9-14(10-12-15)21-24-25-22(28-21)29-13-20(27)26-18-7-3-1-5-16(18)17-6-2-4-8-19(17)26/h1,3,5,7,9-12H,2,4,6,8,13H2. The van der Waals surface area contributed by atoms with Crippen molar-refractivity contribution in [3.8, 4) is 11.5 Å². The van der Waals surface area contributed by atoms with Gasteiger partial charge in [-0.25, -0.2) is 0 Å². The summed E-state index contributed by atoms with van der Waals surface area (Å²) in [5, 5.41) is 9.81. The fraction of sp³-hybridized carbons (Fsp3) is 0.227. The van der Waals surface area contributed by atoms with Crippen molar-refractivity contribution in [1.29, 1.82) is 0 Å². The number of para-hydroxylation sites is 1. The Morgan fingerprint density at radius 1 is 1.07 bits per heavy atom. The molecule has 1 aliphatic rings. The normalized spacial score (nSPS) is 13.6. The molecule has 2 aromatic carbocycles. The molecule has 5 rings (SSSR count). The van der Waals surface area contributed by atoms with Gasteiger partial charge >= 0.3 is 0 Å². The van der Waals surface area contributed by atoms with E-state index in [9.17, 15) is 4.79 Å². The molecule has 29 heavy (non-hydrogen) atoms. The fourth-order valence-electron chi connectivity index (χ4n) is 3.95. The number of benzene rings is 2. The first-order valence-corrected chi connectivity index (χ1v) is 11.4. The number of fused-ring (bicyclic) bond motifs is 3. The second-order valence-electron chi connectivity index (χ2n) is 7.05. The summed E-state index contributed by atoms with van der Waals surface area (Å²) >= 11 is 4.70. The summed E-state index contributed by atoms with van der Waals surface area (Å²) in [6.07, 6.45) is 4.31. The van der Waals surface area contributed by atoms with Gasteiger partial charge in [-0.05, 0) is 61.6 Å². The lowest BCUT2D eigenvalue weighted by Gasteiger charge is -2.14. The topological polar surface area (TPSA) is 60.9 Å². The van der Waals surface area contributed by atoms with Gasteiger partial charge < -0.3 is 4.42 Å². The van der Waals surface area contributed by atoms with Crippen LogP contribution < -0.4 is 0 Å². The molecule has 0 fully saturated rings. The molecular weight excluding hydrogens is 450 g/mol. The Morgan fingerprint density at radius 3 is 2.72 bits per heavy atom. The summed E-state index contributed by atoms with van der Waals surface area (Å²) < 4.78 is 8.64. The van der Waals surface area contributed by atoms with Crippen LogP contribution in [0.15, 0.2) is 62.6 Å². The number of halogens is 1. The first-order chi connectivity index (χ1) is 14.2. The van der Waals surface area contributed by atoms with Gasteiger partial charge in [0.15, 0.2) is 0 Å². The number of carbonyl (C=O) groups is 1. The van der Waals surface area contributed by atoms with Crippen molar-refractivity contribution < 1.29 is 9.21 Å². The van der Waals surface area contributed by atoms with Gasteiger partial charge in [0.25, 0.3) is 5.22 Å². The zero-order valence-corrected chi connectivity index (χ0v) is 18.0. The van der Waals surface area contributed by atoms with Crippen molar-refractivity contribution in [3.63, 3.8) is 0 Å². The van der Waals surface area contributed by atoms with Crippen molar-refractivity contribution in [3.05, 3.63) is 64.3 Å². The Morgan fingerprint density at radius 2 is 1.86 bits per heavy atom. The summed E-state index contributed by atoms with van der Waals surface area (Å²) in [7, 11) is 0. The van der Waals surface area contributed by atoms with E-state index in [1.807, 2.05) is 47.0 Å². The van der Waals surface area contributed by atoms with Gasteiger partial charge in [-0.3, -0.25) is 9.36 Å². The van der Waals surface area contributed by atoms with Crippen LogP contribution in [0.5, 0.6) is 0 Å². The van der Waals surface area contributed by atoms with E-state index in [2.05, 4.69) is 32.2 Å². The Balaban J connectivity index is 1.37. The second kappa shape index (κ2) is 7.80. The SMILES string of the molecule is O=C(CSc1nnc(-c2ccc(Br)cc2)o1)n1c2c(c3ccccc31)CCCC2. The third kappa shape index (κ3) is 3.53. The predicted molar refractivity (Wildman–Crippen MR) is 117 cm³/mol. The number of nitrogens with zero attached hydrogens (tertiary/aromatic N) is 3. The minimum atomic E-state index is 0.0535. The van der Waals surface area contributed by atoms with Crippen molar-refractivity contribution in [1.82, 2.24) is 14.8 Å². The molecule has 0 unspecified atom stereocenters. The molecular formula is C22H18BrN3O2S. The number of rotatable bonds is 4. The van der Waals surface area contributed by atoms with E-state index >= 15 is 0 Å². The zero-order chi connectivity index (χ0) is 19.8. The lowest BCUT2D eigenvalue weighted by molar-refractivity contribution is 0.0943. The highest BCUT2D eigenvalue weighted by molar-refractivity contribution is 9.10. The lowest BCUT2D eigenvalue weighted by atomic mass is 9.96. The monoisotopic (exact) mass is 467 g/mol. The minimum Gasteiger partial charge on any atom is -0.411 e. The van der Waals surface area contributed by atoms with Crippen LogP contribution in [0.1, 0.15) is 28.9 Å². The molecule has 0 spiro atoms. The van der Waals surface area contributed by atoms with E-state index in [4.69, 9.17) is 4.42 Å². The Bertz CT molecular complexity index is 1200. The molecule has 146 valence electrons. The molecule has 0 bridgehead atoms. The van der Waals surface area contributed by atoms with Crippen LogP contribution >= 0.6 is 27.7 Å². The first-order valence-electron chi connectivity index (χ1n) is 9.57. The van der Waals surface area contributed by atoms with Crippen molar-refractivity contribution in [2.75, 3.05) is 5.75 Å². The van der Waals surface area contributed by atoms with E-state index in [0.29, 0.717) is 11.1 Å². The van der Waals surface area contributed by atoms with Crippen LogP contribution in [0.3, 0.4) is 0 Å². The van der Waals surface area contributed by atoms with Crippen molar-refractivity contribution in [2.24, 2.45) is 0 Å². The summed E-state index contributed by atoms with van der Waals surface area (Å²) in [6, 6.07) is 15.9. The average Bonchev–Trinajstić information content (AvgIpc) is 3.35. The highest BCUT2D eigenvalue weighted by atomic mass is 79.9. The van der Waals surface area contributed by atoms with Gasteiger partial charge in [-0.1, -0.05) is 45.9 Å². The van der Waals surface area contributed by atoms with Crippen LogP contribution in [-0.2, 0) is 12.8 Å². The fourth-order valence-corrected chi connectivity index (χ4v) is 4.82. The molecule has 0 atom stereocenters. The number of thioether (sulfide) groups is 1. The Hall–Kier alpha value is -2.38. The van der Waals surface area contributed by atoms with Crippen LogP contribution in [-0.4, -0.2) is 26.4 Å². The maximum atomic E-state index is 13.1. The predicted octanol–water partition coefficient (Wildman–Crippen LogP) is 5.77. The molecule has 7 heteroatoms. The van der Waals surface area contributed by atoms with Gasteiger partial charge in [0, 0.05) is 21.1 Å². The summed E-state index contributed by atoms with van der Waals surface area (Å²) in [5.41, 5.74) is 4.36. The summed E-state index contributed by atoms with van der Waals surface area (Å²) in [4.78, 5) is 13.1. The van der Waals surface area contributed by atoms with Gasteiger partial charge in [0.1, 0.15) is 0 Å². The van der Waals surface area contributed by atoms with Crippen molar-refractivity contribution >= 4 is 44.5 Å². The van der Waals surface area contributed by atoms with E-state index < -0.39 is 0 Å². The first kappa shape index (κ1) is 18.6. The molecule has 0 aliphatic heterocycles. The average molecular weight is 468 g/mol. The molecule has 2 heterocycles. The van der Waals surface area contributed by atoms with Gasteiger partial charge in [0.05, 0.1) is 11.3 Å². The summed E-state index contributed by atoms with van der Waals surface area (Å²) in [6.45, 7) is 0. The molecule has 2 aromatic heterocycles. The smallest absolute Gasteiger partial charge is 0.277 e. The van der Waals surface area contributed by atoms with Crippen LogP contribution in [0.4, 0.5) is 0 Å². The lowest BCUT2D eigenvalue weighted by Crippen LogP contribution is -2.18. The molecule has 1 aliphatic carbocycles. The maximum Gasteiger partial charge on any atom is 0.277 e. The molecule has 5 nitrogen and oxygen atoms in total. The third-order valence-corrected chi connectivity index (χ3v) is 6.58. The molecule has 4 aromatic rings. The number of carbonyl (C=O) groups excluding carboxylic acids is 1. The second-order valence-corrected chi connectivity index (χ2v) is 8.89. The van der Waals surface area contributed by atoms with Gasteiger partial charge in [-0.2, -0.15) is 0 Å². The van der Waals surface area contributed by atoms with E-state index in [-0.39, 0.29) is 11.7 Å². The molecule has 0 radical (unpaired) electrons. The maximum absolute atomic E-state index is 13.1. The van der Waals surface area contributed by atoms with E-state index in [1.165, 1.54) is 34.8 Å². The Kier molecular flexibility index (Phi) is 5.01. The third-order valence-electron chi connectivity index (χ3n) is 5.24. The van der Waals surface area contributed by atoms with Gasteiger partial charge in [-0.15, -0.1) is 10.2 Å². The zero-order valence-electron chi connectivity index (χ0n) is 15.6. The number of aromatic nitrogens is 3. The van der Waals surface area contributed by atoms with E-state index in [1.54, 1.807) is 0 Å². The van der Waals surface area contributed by atoms with Crippen LogP contribution in [0, 0.1) is 0 Å². The Labute approximate surface area is 180 Å². The van der Waals surface area contributed by atoms with Crippen LogP contribution in [0.2, 0.25) is 0 Å². The minimum absolute atomic E-state index is 0.0535. The quantitative estimate of drug-likeness (QED) is 0.356. The molecule has 0 amide bonds. The van der Waals surface area contributed by atoms with Gasteiger partial charge in [0.2, 0.25) is 11.8 Å². The number of hydrogen-bond acceptors (Lipinski definition) is 5. The highest BCUT2D eigenvalue weighted by Crippen LogP contribution is 2.33. The van der Waals surface area contributed by atoms with E-state index in [0.717, 1.165) is 34.8 Å². The largest absolute Gasteiger partial charge is 0.411 e. The molecule has 0 N–H and O–H groups in total. The van der Waals surface area contributed by atoms with Crippen LogP contribution in [0.25, 0.3) is 22.4 Å².